The van der Waals surface area contributed by atoms with Crippen molar-refractivity contribution in [1.29, 1.82) is 0 Å². The average Bonchev–Trinajstić information content (AvgIpc) is 3.28. The molecule has 19 heteroatoms. The fourth-order valence-corrected chi connectivity index (χ4v) is 15.4. The molecule has 67 heavy (non-hydrogen) atoms. The summed E-state index contributed by atoms with van der Waals surface area (Å²) in [4.78, 5) is 29.1. The van der Waals surface area contributed by atoms with Crippen molar-refractivity contribution in [3.63, 3.8) is 0 Å². The Morgan fingerprint density at radius 2 is 1.24 bits per heavy atom. The molecule has 5 aliphatic carbocycles. The first-order chi connectivity index (χ1) is 31.4. The number of rotatable bonds is 9. The predicted molar refractivity (Wildman–Crippen MR) is 231 cm³/mol. The number of aliphatic hydroxyl groups excluding tert-OH is 10. The maximum Gasteiger partial charge on any atom is 0.315 e. The zero-order valence-electron chi connectivity index (χ0n) is 39.7. The minimum Gasteiger partial charge on any atom is -0.481 e. The second kappa shape index (κ2) is 18.3. The molecular formula is C48H76O19. The van der Waals surface area contributed by atoms with Gasteiger partial charge in [0.15, 0.2) is 12.6 Å². The molecule has 3 saturated heterocycles. The van der Waals surface area contributed by atoms with Crippen molar-refractivity contribution in [1.82, 2.24) is 0 Å². The number of esters is 1. The Morgan fingerprint density at radius 3 is 1.85 bits per heavy atom. The number of hydrogen-bond donors (Lipinski definition) is 11. The lowest BCUT2D eigenvalue weighted by molar-refractivity contribution is -0.364. The molecule has 8 rings (SSSR count). The van der Waals surface area contributed by atoms with E-state index >= 15 is 0 Å². The van der Waals surface area contributed by atoms with Gasteiger partial charge in [0, 0.05) is 0 Å². The highest BCUT2D eigenvalue weighted by Gasteiger charge is 2.74. The first-order valence-corrected chi connectivity index (χ1v) is 24.5. The number of fused-ring (bicyclic) bond motifs is 7. The van der Waals surface area contributed by atoms with Gasteiger partial charge in [-0.15, -0.1) is 0 Å². The van der Waals surface area contributed by atoms with Gasteiger partial charge in [-0.2, -0.15) is 0 Å². The maximum atomic E-state index is 14.7. The van der Waals surface area contributed by atoms with Gasteiger partial charge in [0.1, 0.15) is 67.1 Å². The number of ether oxygens (including phenoxy) is 6. The summed E-state index contributed by atoms with van der Waals surface area (Å²) in [6, 6.07) is 0. The minimum absolute atomic E-state index is 0.0350. The number of allylic oxidation sites excluding steroid dienone is 1. The molecule has 0 bridgehead atoms. The molecule has 0 aromatic heterocycles. The van der Waals surface area contributed by atoms with Gasteiger partial charge >= 0.3 is 11.9 Å². The van der Waals surface area contributed by atoms with Gasteiger partial charge in [0.25, 0.3) is 0 Å². The van der Waals surface area contributed by atoms with Crippen LogP contribution >= 0.6 is 0 Å². The Balaban J connectivity index is 1.03. The van der Waals surface area contributed by atoms with Gasteiger partial charge in [-0.3, -0.25) is 9.59 Å². The van der Waals surface area contributed by atoms with E-state index in [2.05, 4.69) is 47.6 Å². The van der Waals surface area contributed by atoms with Crippen LogP contribution in [0, 0.1) is 56.7 Å². The molecule has 7 fully saturated rings. The van der Waals surface area contributed by atoms with E-state index in [4.69, 9.17) is 28.4 Å². The van der Waals surface area contributed by atoms with Crippen LogP contribution in [0.15, 0.2) is 11.6 Å². The molecule has 11 N–H and O–H groups in total. The van der Waals surface area contributed by atoms with Crippen LogP contribution in [0.3, 0.4) is 0 Å². The van der Waals surface area contributed by atoms with Crippen molar-refractivity contribution in [3.8, 4) is 0 Å². The number of carboxylic acid groups (broad SMARTS) is 1. The monoisotopic (exact) mass is 956 g/mol. The number of carbonyl (C=O) groups is 2. The van der Waals surface area contributed by atoms with E-state index in [1.165, 1.54) is 0 Å². The Labute approximate surface area is 391 Å². The molecule has 382 valence electrons. The molecule has 0 radical (unpaired) electrons. The Hall–Kier alpha value is -1.92. The molecule has 0 aromatic rings. The molecule has 25 atom stereocenters. The predicted octanol–water partition coefficient (Wildman–Crippen LogP) is 0.0887. The molecule has 3 aliphatic heterocycles. The second-order valence-corrected chi connectivity index (χ2v) is 22.8. The van der Waals surface area contributed by atoms with Gasteiger partial charge in [-0.05, 0) is 111 Å². The van der Waals surface area contributed by atoms with Crippen molar-refractivity contribution in [3.05, 3.63) is 11.6 Å². The van der Waals surface area contributed by atoms with Gasteiger partial charge in [-0.1, -0.05) is 53.2 Å². The third kappa shape index (κ3) is 7.70. The maximum absolute atomic E-state index is 14.7. The smallest absolute Gasteiger partial charge is 0.315 e. The van der Waals surface area contributed by atoms with Gasteiger partial charge < -0.3 is 84.6 Å². The lowest BCUT2D eigenvalue weighted by atomic mass is 9.33. The van der Waals surface area contributed by atoms with E-state index in [-0.39, 0.29) is 41.9 Å². The van der Waals surface area contributed by atoms with E-state index in [9.17, 15) is 65.8 Å². The second-order valence-electron chi connectivity index (χ2n) is 22.8. The summed E-state index contributed by atoms with van der Waals surface area (Å²) >= 11 is 0. The third-order valence-corrected chi connectivity index (χ3v) is 19.4. The van der Waals surface area contributed by atoms with Crippen LogP contribution in [0.2, 0.25) is 0 Å². The van der Waals surface area contributed by atoms with Crippen molar-refractivity contribution < 1.29 is 94.2 Å². The lowest BCUT2D eigenvalue weighted by Gasteiger charge is -2.70. The largest absolute Gasteiger partial charge is 0.481 e. The van der Waals surface area contributed by atoms with Crippen LogP contribution in [-0.2, 0) is 38.0 Å². The summed E-state index contributed by atoms with van der Waals surface area (Å²) in [6.07, 6.45) is -16.3. The van der Waals surface area contributed by atoms with Crippen molar-refractivity contribution >= 4 is 11.9 Å². The highest BCUT2D eigenvalue weighted by molar-refractivity contribution is 5.85. The quantitative estimate of drug-likeness (QED) is 0.0829. The number of aliphatic carboxylic acids is 1. The molecule has 0 amide bonds. The molecule has 3 heterocycles. The van der Waals surface area contributed by atoms with Crippen LogP contribution in [-0.4, -0.2) is 180 Å². The molecule has 8 aliphatic rings. The zero-order chi connectivity index (χ0) is 49.1. The highest BCUT2D eigenvalue weighted by atomic mass is 16.7. The van der Waals surface area contributed by atoms with E-state index in [0.717, 1.165) is 5.57 Å². The van der Waals surface area contributed by atoms with Crippen molar-refractivity contribution in [2.24, 2.45) is 56.7 Å². The average molecular weight is 957 g/mol. The fraction of sp³-hybridized carbons (Fsp3) is 0.917. The molecule has 0 spiro atoms. The van der Waals surface area contributed by atoms with Gasteiger partial charge in [-0.25, -0.2) is 0 Å². The normalized spacial score (nSPS) is 54.0. The Kier molecular flexibility index (Phi) is 14.0. The Bertz CT molecular complexity index is 1860. The number of aliphatic hydroxyl groups is 10. The van der Waals surface area contributed by atoms with Crippen LogP contribution in [0.5, 0.6) is 0 Å². The highest BCUT2D eigenvalue weighted by Crippen LogP contribution is 2.76. The summed E-state index contributed by atoms with van der Waals surface area (Å²) in [5.74, 6) is -2.10. The molecule has 19 nitrogen and oxygen atoms in total. The van der Waals surface area contributed by atoms with Crippen molar-refractivity contribution in [2.75, 3.05) is 13.2 Å². The number of hydrogen-bond acceptors (Lipinski definition) is 18. The molecule has 4 saturated carbocycles. The summed E-state index contributed by atoms with van der Waals surface area (Å²) in [7, 11) is 0. The first-order valence-electron chi connectivity index (χ1n) is 24.5. The number of carbonyl (C=O) groups excluding carboxylic acids is 1. The lowest BCUT2D eigenvalue weighted by Crippen LogP contribution is -2.68. The van der Waals surface area contributed by atoms with Crippen LogP contribution in [0.1, 0.15) is 106 Å². The molecule has 0 aromatic carbocycles. The van der Waals surface area contributed by atoms with E-state index < -0.39 is 151 Å². The van der Waals surface area contributed by atoms with E-state index in [0.29, 0.717) is 44.9 Å². The first kappa shape index (κ1) is 51.4. The SMILES string of the molecule is C[C@H]1[C@H](C)CC[C@]2(C(=O)OC3OC(CO)C(O)C(O)C3O)CC[C@]3(C(=O)O)C(=CCC4[C@@]5(C)CC[C@H](O[C@@H]6O[C@@H](C)[C@H](OC7OC(CO)C(O)C(O)C7O)[C@@H](O)[C@H]6O)C(C)(C)C5CC[C@]43C)[C@H]12. The van der Waals surface area contributed by atoms with E-state index in [1.807, 2.05) is 0 Å². The fourth-order valence-electron chi connectivity index (χ4n) is 15.4. The number of carboxylic acids is 1. The molecule has 12 unspecified atom stereocenters. The Morgan fingerprint density at radius 1 is 0.657 bits per heavy atom. The summed E-state index contributed by atoms with van der Waals surface area (Å²) < 4.78 is 35.6. The topological polar surface area (TPSA) is 312 Å². The molecular weight excluding hydrogens is 881 g/mol. The third-order valence-electron chi connectivity index (χ3n) is 19.4. The van der Waals surface area contributed by atoms with Crippen LogP contribution in [0.4, 0.5) is 0 Å². The van der Waals surface area contributed by atoms with E-state index in [1.54, 1.807) is 6.92 Å². The zero-order valence-corrected chi connectivity index (χ0v) is 39.7. The minimum atomic E-state index is -1.78. The van der Waals surface area contributed by atoms with Gasteiger partial charge in [0.2, 0.25) is 6.29 Å². The van der Waals surface area contributed by atoms with Crippen molar-refractivity contribution in [2.45, 2.75) is 204 Å². The summed E-state index contributed by atoms with van der Waals surface area (Å²) in [5.41, 5.74) is -3.35. The standard InChI is InChI=1S/C48H76O19/c1-20-10-15-47(43(61)67-41-36(57)33(54)31(52)25(19-50)64-41)16-17-48(42(59)60)23(29(47)21(20)2)8-9-27-45(6)13-12-28(44(4,5)26(45)11-14-46(27,48)7)65-39-37(58)34(55)38(22(3)62-39)66-40-35(56)32(53)30(51)24(18-49)63-40/h8,20-22,24-41,49-58H,9-19H2,1-7H3,(H,59,60)/t20-,21+,22+,24?,25?,26?,27?,28+,29+,30?,31?,32?,33?,34+,35?,36?,37-,38+,39+,40?,41?,45+,46-,47+,48-/m1/s1. The van der Waals surface area contributed by atoms with Crippen LogP contribution in [0.25, 0.3) is 0 Å². The summed E-state index contributed by atoms with van der Waals surface area (Å²) in [5, 5.41) is 117. The van der Waals surface area contributed by atoms with Crippen LogP contribution < -0.4 is 0 Å². The van der Waals surface area contributed by atoms with Gasteiger partial charge in [0.05, 0.1) is 36.3 Å². The summed E-state index contributed by atoms with van der Waals surface area (Å²) in [6.45, 7) is 13.1.